The van der Waals surface area contributed by atoms with Gasteiger partial charge in [-0.2, -0.15) is 0 Å². The van der Waals surface area contributed by atoms with E-state index in [4.69, 9.17) is 0 Å². The van der Waals surface area contributed by atoms with Crippen molar-refractivity contribution in [3.8, 4) is 0 Å². The van der Waals surface area contributed by atoms with Crippen LogP contribution < -0.4 is 14.9 Å². The molecule has 184 valence electrons. The van der Waals surface area contributed by atoms with Gasteiger partial charge in [0.15, 0.2) is 0 Å². The maximum atomic E-state index is 12.9. The zero-order chi connectivity index (χ0) is 25.4. The molecule has 0 radical (unpaired) electrons. The first-order chi connectivity index (χ1) is 16.6. The Morgan fingerprint density at radius 1 is 0.914 bits per heavy atom. The Morgan fingerprint density at radius 3 is 2.20 bits per heavy atom. The van der Waals surface area contributed by atoms with E-state index >= 15 is 0 Å². The summed E-state index contributed by atoms with van der Waals surface area (Å²) in [5.41, 5.74) is 3.34. The minimum Gasteiger partial charge on any atom is -0.345 e. The Hall–Kier alpha value is -3.65. The van der Waals surface area contributed by atoms with Gasteiger partial charge < -0.3 is 10.6 Å². The second-order valence-corrected chi connectivity index (χ2v) is 10.4. The maximum absolute atomic E-state index is 12.9. The van der Waals surface area contributed by atoms with Gasteiger partial charge in [0, 0.05) is 13.0 Å². The lowest BCUT2D eigenvalue weighted by Gasteiger charge is -2.22. The van der Waals surface area contributed by atoms with Crippen molar-refractivity contribution in [2.75, 3.05) is 22.4 Å². The van der Waals surface area contributed by atoms with E-state index in [1.807, 2.05) is 56.3 Å². The van der Waals surface area contributed by atoms with Gasteiger partial charge in [-0.15, -0.1) is 0 Å². The summed E-state index contributed by atoms with van der Waals surface area (Å²) in [5, 5.41) is 5.76. The van der Waals surface area contributed by atoms with Gasteiger partial charge in [0.1, 0.15) is 0 Å². The van der Waals surface area contributed by atoms with Gasteiger partial charge in [0.2, 0.25) is 15.9 Å². The molecule has 0 bridgehead atoms. The van der Waals surface area contributed by atoms with E-state index in [1.165, 1.54) is 4.31 Å². The van der Waals surface area contributed by atoms with Gasteiger partial charge in [-0.25, -0.2) is 8.42 Å². The fourth-order valence-corrected chi connectivity index (χ4v) is 4.65. The molecule has 0 saturated carbocycles. The number of sulfonamides is 1. The molecule has 0 aliphatic heterocycles. The molecule has 0 fully saturated rings. The summed E-state index contributed by atoms with van der Waals surface area (Å²) in [5.74, 6) is -0.585. The quantitative estimate of drug-likeness (QED) is 0.429. The van der Waals surface area contributed by atoms with E-state index in [0.29, 0.717) is 23.4 Å². The average Bonchev–Trinajstić information content (AvgIpc) is 2.82. The van der Waals surface area contributed by atoms with Crippen LogP contribution in [-0.2, 0) is 14.8 Å². The van der Waals surface area contributed by atoms with Gasteiger partial charge in [-0.05, 0) is 50.1 Å². The number of anilines is 2. The number of hydrogen-bond acceptors (Lipinski definition) is 4. The summed E-state index contributed by atoms with van der Waals surface area (Å²) in [7, 11) is -3.49. The van der Waals surface area contributed by atoms with Crippen LogP contribution in [0.4, 0.5) is 11.4 Å². The molecule has 0 spiro atoms. The number of aryl methyl sites for hydroxylation is 1. The van der Waals surface area contributed by atoms with Crippen LogP contribution in [0.2, 0.25) is 0 Å². The smallest absolute Gasteiger partial charge is 0.253 e. The van der Waals surface area contributed by atoms with E-state index < -0.39 is 10.0 Å². The fraction of sp³-hybridized carbons (Fsp3) is 0.259. The van der Waals surface area contributed by atoms with Crippen molar-refractivity contribution in [3.63, 3.8) is 0 Å². The summed E-state index contributed by atoms with van der Waals surface area (Å²) in [4.78, 5) is 25.5. The van der Waals surface area contributed by atoms with Gasteiger partial charge in [-0.3, -0.25) is 13.9 Å². The lowest BCUT2D eigenvalue weighted by Crippen LogP contribution is -2.31. The number of benzene rings is 3. The van der Waals surface area contributed by atoms with Crippen LogP contribution in [0.25, 0.3) is 0 Å². The number of nitrogens with one attached hydrogen (secondary N) is 2. The van der Waals surface area contributed by atoms with Crippen molar-refractivity contribution in [3.05, 3.63) is 95.6 Å². The Morgan fingerprint density at radius 2 is 1.54 bits per heavy atom. The predicted octanol–water partition coefficient (Wildman–Crippen LogP) is 4.67. The van der Waals surface area contributed by atoms with Crippen molar-refractivity contribution in [2.45, 2.75) is 32.7 Å². The Labute approximate surface area is 207 Å². The normalized spacial score (nSPS) is 12.0. The molecule has 2 N–H and O–H groups in total. The third-order valence-corrected chi connectivity index (χ3v) is 6.77. The van der Waals surface area contributed by atoms with Gasteiger partial charge in [-0.1, -0.05) is 60.2 Å². The molecular formula is C27H31N3O4S. The number of rotatable bonds is 10. The van der Waals surface area contributed by atoms with Gasteiger partial charge in [0.05, 0.1) is 29.2 Å². The molecule has 7 nitrogen and oxygen atoms in total. The van der Waals surface area contributed by atoms with E-state index in [9.17, 15) is 18.0 Å². The van der Waals surface area contributed by atoms with Crippen molar-refractivity contribution < 1.29 is 18.0 Å². The number of para-hydroxylation sites is 1. The molecule has 35 heavy (non-hydrogen) atoms. The molecule has 3 aromatic carbocycles. The summed E-state index contributed by atoms with van der Waals surface area (Å²) in [6.45, 7) is 4.00. The van der Waals surface area contributed by atoms with Crippen LogP contribution in [0.15, 0.2) is 78.9 Å². The van der Waals surface area contributed by atoms with Crippen LogP contribution in [0.5, 0.6) is 0 Å². The summed E-state index contributed by atoms with van der Waals surface area (Å²) >= 11 is 0. The molecule has 0 aromatic heterocycles. The number of carbonyl (C=O) groups is 2. The van der Waals surface area contributed by atoms with Gasteiger partial charge in [0.25, 0.3) is 5.91 Å². The molecule has 0 aliphatic carbocycles. The highest BCUT2D eigenvalue weighted by molar-refractivity contribution is 7.92. The highest BCUT2D eigenvalue weighted by Gasteiger charge is 2.19. The summed E-state index contributed by atoms with van der Waals surface area (Å²) in [6, 6.07) is 23.4. The number of amides is 2. The Bertz CT molecular complexity index is 1260. The van der Waals surface area contributed by atoms with Crippen LogP contribution in [0, 0.1) is 6.92 Å². The average molecular weight is 494 g/mol. The minimum atomic E-state index is -3.49. The molecule has 3 rings (SSSR count). The van der Waals surface area contributed by atoms with Crippen molar-refractivity contribution in [1.29, 1.82) is 0 Å². The predicted molar refractivity (Wildman–Crippen MR) is 140 cm³/mol. The van der Waals surface area contributed by atoms with Crippen molar-refractivity contribution in [1.82, 2.24) is 5.32 Å². The first kappa shape index (κ1) is 26.0. The van der Waals surface area contributed by atoms with E-state index in [-0.39, 0.29) is 30.8 Å². The second-order valence-electron chi connectivity index (χ2n) is 8.47. The highest BCUT2D eigenvalue weighted by atomic mass is 32.2. The van der Waals surface area contributed by atoms with Crippen molar-refractivity contribution >= 4 is 33.2 Å². The Kier molecular flexibility index (Phi) is 8.65. The third-order valence-electron chi connectivity index (χ3n) is 5.58. The molecule has 0 aliphatic rings. The van der Waals surface area contributed by atoms with E-state index in [2.05, 4.69) is 10.6 Å². The maximum Gasteiger partial charge on any atom is 0.253 e. The molecular weight excluding hydrogens is 462 g/mol. The van der Waals surface area contributed by atoms with Crippen LogP contribution in [-0.4, -0.2) is 33.0 Å². The molecule has 0 saturated heterocycles. The first-order valence-electron chi connectivity index (χ1n) is 11.4. The number of nitrogens with zero attached hydrogens (tertiary/aromatic N) is 1. The minimum absolute atomic E-state index is 0.105. The SMILES string of the molecule is Cc1ccc(N(CCCC(=O)Nc2ccccc2C(=O)NC(C)c2ccccc2)S(C)(=O)=O)cc1. The summed E-state index contributed by atoms with van der Waals surface area (Å²) < 4.78 is 25.8. The van der Waals surface area contributed by atoms with Crippen molar-refractivity contribution in [2.24, 2.45) is 0 Å². The van der Waals surface area contributed by atoms with Gasteiger partial charge >= 0.3 is 0 Å². The summed E-state index contributed by atoms with van der Waals surface area (Å²) in [6.07, 6.45) is 1.58. The monoisotopic (exact) mass is 493 g/mol. The molecule has 8 heteroatoms. The lowest BCUT2D eigenvalue weighted by molar-refractivity contribution is -0.116. The first-order valence-corrected chi connectivity index (χ1v) is 13.3. The molecule has 1 atom stereocenters. The zero-order valence-electron chi connectivity index (χ0n) is 20.2. The third kappa shape index (κ3) is 7.42. The van der Waals surface area contributed by atoms with Crippen LogP contribution in [0.3, 0.4) is 0 Å². The lowest BCUT2D eigenvalue weighted by atomic mass is 10.1. The number of hydrogen-bond donors (Lipinski definition) is 2. The standard InChI is InChI=1S/C27H31N3O4S/c1-20-15-17-23(18-16-20)30(35(3,33)34)19-9-14-26(31)29-25-13-8-7-12-24(25)27(32)28-21(2)22-10-5-4-6-11-22/h4-8,10-13,15-18,21H,9,14,19H2,1-3H3,(H,28,32)(H,29,31). The highest BCUT2D eigenvalue weighted by Crippen LogP contribution is 2.20. The topological polar surface area (TPSA) is 95.6 Å². The zero-order valence-corrected chi connectivity index (χ0v) is 21.0. The fourth-order valence-electron chi connectivity index (χ4n) is 3.68. The Balaban J connectivity index is 1.61. The molecule has 1 unspecified atom stereocenters. The van der Waals surface area contributed by atoms with E-state index in [0.717, 1.165) is 17.4 Å². The largest absolute Gasteiger partial charge is 0.345 e. The second kappa shape index (κ2) is 11.7. The van der Waals surface area contributed by atoms with Crippen LogP contribution in [0.1, 0.15) is 47.3 Å². The van der Waals surface area contributed by atoms with E-state index in [1.54, 1.807) is 36.4 Å². The molecule has 0 heterocycles. The number of carbonyl (C=O) groups excluding carboxylic acids is 2. The molecule has 2 amide bonds. The van der Waals surface area contributed by atoms with Crippen LogP contribution >= 0.6 is 0 Å². The molecule has 3 aromatic rings.